The van der Waals surface area contributed by atoms with Gasteiger partial charge in [-0.25, -0.2) is 4.98 Å². The van der Waals surface area contributed by atoms with Crippen LogP contribution < -0.4 is 16.0 Å². The highest BCUT2D eigenvalue weighted by Gasteiger charge is 2.62. The second-order valence-electron chi connectivity index (χ2n) is 6.90. The third kappa shape index (κ3) is 3.05. The van der Waals surface area contributed by atoms with Crippen LogP contribution in [0.1, 0.15) is 32.8 Å². The minimum Gasteiger partial charge on any atom is -0.378 e. The molecular weight excluding hydrogens is 292 g/mol. The highest BCUT2D eigenvalue weighted by atomic mass is 16.5. The molecular formula is C17H28N4O2. The molecule has 0 aliphatic heterocycles. The molecule has 2 atom stereocenters. The Morgan fingerprint density at radius 1 is 1.52 bits per heavy atom. The van der Waals surface area contributed by atoms with E-state index in [4.69, 9.17) is 10.5 Å². The van der Waals surface area contributed by atoms with Gasteiger partial charge in [0, 0.05) is 50.8 Å². The fraction of sp³-hybridized carbons (Fsp3) is 0.647. The molecule has 3 N–H and O–H groups in total. The zero-order valence-corrected chi connectivity index (χ0v) is 14.7. The minimum absolute atomic E-state index is 0.0268. The molecule has 0 saturated heterocycles. The smallest absolute Gasteiger partial charge is 0.241 e. The van der Waals surface area contributed by atoms with Gasteiger partial charge in [-0.15, -0.1) is 0 Å². The maximum atomic E-state index is 12.6. The first-order valence-corrected chi connectivity index (χ1v) is 8.04. The Bertz CT molecular complexity index is 573. The summed E-state index contributed by atoms with van der Waals surface area (Å²) in [7, 11) is 3.86. The normalized spacial score (nSPS) is 25.6. The van der Waals surface area contributed by atoms with Crippen LogP contribution in [0.25, 0.3) is 0 Å². The van der Waals surface area contributed by atoms with Gasteiger partial charge in [0.1, 0.15) is 11.4 Å². The molecule has 1 aromatic rings. The number of hydrogen-bond donors (Lipinski definition) is 2. The van der Waals surface area contributed by atoms with E-state index in [2.05, 4.69) is 10.3 Å². The van der Waals surface area contributed by atoms with Gasteiger partial charge in [-0.2, -0.15) is 0 Å². The molecule has 1 heterocycles. The van der Waals surface area contributed by atoms with Gasteiger partial charge < -0.3 is 20.7 Å². The van der Waals surface area contributed by atoms with Crippen molar-refractivity contribution in [3.63, 3.8) is 0 Å². The zero-order valence-electron chi connectivity index (χ0n) is 14.7. The van der Waals surface area contributed by atoms with Gasteiger partial charge in [0.2, 0.25) is 5.91 Å². The lowest BCUT2D eigenvalue weighted by atomic mass is 9.54. The highest BCUT2D eigenvalue weighted by Crippen LogP contribution is 2.49. The Hall–Kier alpha value is -1.66. The molecule has 2 unspecified atom stereocenters. The number of carbonyl (C=O) groups excluding carboxylic acids is 1. The summed E-state index contributed by atoms with van der Waals surface area (Å²) in [5.74, 6) is 0.714. The monoisotopic (exact) mass is 320 g/mol. The van der Waals surface area contributed by atoms with Crippen molar-refractivity contribution < 1.29 is 9.53 Å². The number of nitrogens with two attached hydrogens (primary N) is 1. The summed E-state index contributed by atoms with van der Waals surface area (Å²) in [5, 5.41) is 2.97. The number of ether oxygens (including phenoxy) is 1. The van der Waals surface area contributed by atoms with Gasteiger partial charge in [0.05, 0.1) is 6.10 Å². The molecule has 1 aromatic heterocycles. The van der Waals surface area contributed by atoms with E-state index in [-0.39, 0.29) is 17.4 Å². The SMILES string of the molecule is CCOC1CC(N)(C(=O)NCc2cccnc2N(C)C)C1(C)C. The van der Waals surface area contributed by atoms with Crippen LogP contribution in [-0.4, -0.2) is 43.2 Å². The summed E-state index contributed by atoms with van der Waals surface area (Å²) in [4.78, 5) is 18.9. The molecule has 6 nitrogen and oxygen atoms in total. The van der Waals surface area contributed by atoms with Gasteiger partial charge in [0.25, 0.3) is 0 Å². The van der Waals surface area contributed by atoms with E-state index in [0.717, 1.165) is 11.4 Å². The first-order valence-electron chi connectivity index (χ1n) is 8.04. The van der Waals surface area contributed by atoms with Crippen LogP contribution in [0, 0.1) is 5.41 Å². The first kappa shape index (κ1) is 17.7. The number of pyridine rings is 1. The molecule has 0 aromatic carbocycles. The highest BCUT2D eigenvalue weighted by molar-refractivity contribution is 5.88. The van der Waals surface area contributed by atoms with Crippen molar-refractivity contribution in [3.05, 3.63) is 23.9 Å². The molecule has 1 aliphatic rings. The largest absolute Gasteiger partial charge is 0.378 e. The van der Waals surface area contributed by atoms with E-state index in [1.807, 2.05) is 51.9 Å². The van der Waals surface area contributed by atoms with Gasteiger partial charge in [-0.3, -0.25) is 4.79 Å². The van der Waals surface area contributed by atoms with Crippen LogP contribution in [-0.2, 0) is 16.1 Å². The fourth-order valence-electron chi connectivity index (χ4n) is 3.12. The molecule has 1 fully saturated rings. The molecule has 1 amide bonds. The Labute approximate surface area is 138 Å². The number of hydrogen-bond acceptors (Lipinski definition) is 5. The first-order chi connectivity index (χ1) is 10.7. The number of rotatable bonds is 6. The van der Waals surface area contributed by atoms with E-state index in [9.17, 15) is 4.79 Å². The van der Waals surface area contributed by atoms with Crippen LogP contribution in [0.15, 0.2) is 18.3 Å². The van der Waals surface area contributed by atoms with Crippen LogP contribution in [0.4, 0.5) is 5.82 Å². The van der Waals surface area contributed by atoms with Crippen molar-refractivity contribution in [1.82, 2.24) is 10.3 Å². The summed E-state index contributed by atoms with van der Waals surface area (Å²) < 4.78 is 5.68. The average molecular weight is 320 g/mol. The van der Waals surface area contributed by atoms with Crippen molar-refractivity contribution in [1.29, 1.82) is 0 Å². The third-order valence-corrected chi connectivity index (χ3v) is 4.97. The van der Waals surface area contributed by atoms with E-state index in [0.29, 0.717) is 19.6 Å². The number of anilines is 1. The number of amides is 1. The quantitative estimate of drug-likeness (QED) is 0.826. The van der Waals surface area contributed by atoms with Crippen molar-refractivity contribution in [2.75, 3.05) is 25.6 Å². The molecule has 6 heteroatoms. The van der Waals surface area contributed by atoms with E-state index >= 15 is 0 Å². The lowest BCUT2D eigenvalue weighted by Crippen LogP contribution is -2.75. The standard InChI is InChI=1S/C17H28N4O2/c1-6-23-13-10-17(18,16(13,2)3)15(22)20-11-12-8-7-9-19-14(12)21(4)5/h7-9,13H,6,10-11,18H2,1-5H3,(H,20,22). The topological polar surface area (TPSA) is 80.5 Å². The molecule has 0 spiro atoms. The second kappa shape index (κ2) is 6.45. The molecule has 1 saturated carbocycles. The average Bonchev–Trinajstić information content (AvgIpc) is 2.52. The Kier molecular flexibility index (Phi) is 4.96. The van der Waals surface area contributed by atoms with E-state index in [1.54, 1.807) is 6.20 Å². The Morgan fingerprint density at radius 2 is 2.22 bits per heavy atom. The predicted octanol–water partition coefficient (Wildman–Crippen LogP) is 1.30. The number of nitrogens with zero attached hydrogens (tertiary/aromatic N) is 2. The van der Waals surface area contributed by atoms with Gasteiger partial charge >= 0.3 is 0 Å². The molecule has 23 heavy (non-hydrogen) atoms. The van der Waals surface area contributed by atoms with Crippen LogP contribution in [0.2, 0.25) is 0 Å². The van der Waals surface area contributed by atoms with Crippen LogP contribution in [0.3, 0.4) is 0 Å². The lowest BCUT2D eigenvalue weighted by molar-refractivity contribution is -0.170. The molecule has 2 rings (SSSR count). The number of nitrogens with one attached hydrogen (secondary N) is 1. The summed E-state index contributed by atoms with van der Waals surface area (Å²) >= 11 is 0. The van der Waals surface area contributed by atoms with E-state index in [1.165, 1.54) is 0 Å². The van der Waals surface area contributed by atoms with Crippen molar-refractivity contribution >= 4 is 11.7 Å². The molecule has 128 valence electrons. The van der Waals surface area contributed by atoms with E-state index < -0.39 is 5.54 Å². The maximum Gasteiger partial charge on any atom is 0.241 e. The summed E-state index contributed by atoms with van der Waals surface area (Å²) in [6.45, 7) is 6.98. The Morgan fingerprint density at radius 3 is 2.78 bits per heavy atom. The number of carbonyl (C=O) groups is 1. The summed E-state index contributed by atoms with van der Waals surface area (Å²) in [6, 6.07) is 3.83. The third-order valence-electron chi connectivity index (χ3n) is 4.97. The van der Waals surface area contributed by atoms with Gasteiger partial charge in [-0.05, 0) is 13.0 Å². The molecule has 1 aliphatic carbocycles. The lowest BCUT2D eigenvalue weighted by Gasteiger charge is -2.57. The van der Waals surface area contributed by atoms with Crippen LogP contribution in [0.5, 0.6) is 0 Å². The maximum absolute atomic E-state index is 12.6. The van der Waals surface area contributed by atoms with Gasteiger partial charge in [0.15, 0.2) is 0 Å². The number of aromatic nitrogens is 1. The van der Waals surface area contributed by atoms with Crippen molar-refractivity contribution in [2.45, 2.75) is 45.4 Å². The predicted molar refractivity (Wildman–Crippen MR) is 91.1 cm³/mol. The summed E-state index contributed by atoms with van der Waals surface area (Å²) in [5.41, 5.74) is 6.08. The minimum atomic E-state index is -0.896. The molecule has 0 radical (unpaired) electrons. The second-order valence-corrected chi connectivity index (χ2v) is 6.90. The Balaban J connectivity index is 2.04. The molecule has 0 bridgehead atoms. The van der Waals surface area contributed by atoms with Crippen molar-refractivity contribution in [3.8, 4) is 0 Å². The van der Waals surface area contributed by atoms with Crippen LogP contribution >= 0.6 is 0 Å². The summed E-state index contributed by atoms with van der Waals surface area (Å²) in [6.07, 6.45) is 2.32. The zero-order chi connectivity index (χ0) is 17.3. The fourth-order valence-corrected chi connectivity index (χ4v) is 3.12. The van der Waals surface area contributed by atoms with Crippen molar-refractivity contribution in [2.24, 2.45) is 11.1 Å². The van der Waals surface area contributed by atoms with Gasteiger partial charge in [-0.1, -0.05) is 19.9 Å².